The van der Waals surface area contributed by atoms with Crippen LogP contribution in [0.25, 0.3) is 9.88 Å². The summed E-state index contributed by atoms with van der Waals surface area (Å²) in [7, 11) is 0. The molecule has 2 fully saturated rings. The van der Waals surface area contributed by atoms with Crippen LogP contribution in [-0.4, -0.2) is 41.0 Å². The van der Waals surface area contributed by atoms with Crippen LogP contribution in [0.5, 0.6) is 0 Å². The van der Waals surface area contributed by atoms with Gasteiger partial charge in [-0.25, -0.2) is 4.98 Å². The van der Waals surface area contributed by atoms with Crippen molar-refractivity contribution in [2.45, 2.75) is 38.3 Å². The van der Waals surface area contributed by atoms with Gasteiger partial charge in [-0.1, -0.05) is 6.07 Å². The van der Waals surface area contributed by atoms with E-state index in [1.807, 2.05) is 18.4 Å². The van der Waals surface area contributed by atoms with E-state index in [0.717, 1.165) is 52.8 Å². The van der Waals surface area contributed by atoms with Gasteiger partial charge in [0.15, 0.2) is 0 Å². The zero-order valence-corrected chi connectivity index (χ0v) is 16.6. The molecule has 2 unspecified atom stereocenters. The first kappa shape index (κ1) is 19.7. The first-order valence-electron chi connectivity index (χ1n) is 7.78. The van der Waals surface area contributed by atoms with E-state index in [9.17, 15) is 4.79 Å². The molecule has 1 N–H and O–H groups in total. The second-order valence-corrected chi connectivity index (χ2v) is 7.95. The Kier molecular flexibility index (Phi) is 6.67. The molecule has 2 aliphatic heterocycles. The van der Waals surface area contributed by atoms with E-state index in [2.05, 4.69) is 21.3 Å². The summed E-state index contributed by atoms with van der Waals surface area (Å²) >= 11 is 3.22. The number of carbonyl (C=O) groups excluding carboxylic acids is 1. The van der Waals surface area contributed by atoms with E-state index in [4.69, 9.17) is 0 Å². The standard InChI is InChI=1S/C16H19N3OS2.2ClH/c1-10-14(22-15(18-10)13-3-2-8-21-13)16(20)19-11-4-5-12(19)9-17-7-6-11;;/h2-3,8,11-12,17H,4-7,9H2,1H3;2*1H. The smallest absolute Gasteiger partial charge is 0.266 e. The van der Waals surface area contributed by atoms with E-state index in [0.29, 0.717) is 12.1 Å². The van der Waals surface area contributed by atoms with Gasteiger partial charge in [0.25, 0.3) is 5.91 Å². The van der Waals surface area contributed by atoms with Gasteiger partial charge in [-0.2, -0.15) is 0 Å². The van der Waals surface area contributed by atoms with Gasteiger partial charge in [0.1, 0.15) is 9.88 Å². The van der Waals surface area contributed by atoms with E-state index < -0.39 is 0 Å². The minimum absolute atomic E-state index is 0. The summed E-state index contributed by atoms with van der Waals surface area (Å²) in [6.07, 6.45) is 3.34. The highest BCUT2D eigenvalue weighted by atomic mass is 35.5. The molecule has 4 rings (SSSR count). The number of hydrogen-bond donors (Lipinski definition) is 1. The largest absolute Gasteiger partial charge is 0.331 e. The fraction of sp³-hybridized carbons (Fsp3) is 0.500. The fourth-order valence-corrected chi connectivity index (χ4v) is 5.34. The van der Waals surface area contributed by atoms with Crippen molar-refractivity contribution in [3.63, 3.8) is 0 Å². The van der Waals surface area contributed by atoms with Crippen LogP contribution in [0.1, 0.15) is 34.6 Å². The molecule has 0 saturated carbocycles. The maximum Gasteiger partial charge on any atom is 0.266 e. The summed E-state index contributed by atoms with van der Waals surface area (Å²) in [5.41, 5.74) is 0.870. The molecule has 0 radical (unpaired) electrons. The molecule has 132 valence electrons. The first-order valence-corrected chi connectivity index (χ1v) is 9.48. The zero-order chi connectivity index (χ0) is 15.1. The third-order valence-corrected chi connectivity index (χ3v) is 6.80. The fourth-order valence-electron chi connectivity index (χ4n) is 3.53. The number of carbonyl (C=O) groups is 1. The van der Waals surface area contributed by atoms with E-state index in [1.165, 1.54) is 0 Å². The molecule has 2 saturated heterocycles. The van der Waals surface area contributed by atoms with Crippen LogP contribution in [0.4, 0.5) is 0 Å². The zero-order valence-electron chi connectivity index (χ0n) is 13.4. The summed E-state index contributed by atoms with van der Waals surface area (Å²) in [6, 6.07) is 4.85. The van der Waals surface area contributed by atoms with Crippen LogP contribution in [0.15, 0.2) is 17.5 Å². The Labute approximate surface area is 162 Å². The highest BCUT2D eigenvalue weighted by molar-refractivity contribution is 7.22. The van der Waals surface area contributed by atoms with Gasteiger partial charge in [0, 0.05) is 18.6 Å². The third-order valence-electron chi connectivity index (χ3n) is 4.61. The molecule has 0 aliphatic carbocycles. The van der Waals surface area contributed by atoms with E-state index >= 15 is 0 Å². The highest BCUT2D eigenvalue weighted by Gasteiger charge is 2.39. The Morgan fingerprint density at radius 2 is 2.08 bits per heavy atom. The predicted octanol–water partition coefficient (Wildman–Crippen LogP) is 3.99. The summed E-state index contributed by atoms with van der Waals surface area (Å²) in [4.78, 5) is 21.8. The average Bonchev–Trinajstić information content (AvgIpc) is 3.16. The number of halogens is 2. The monoisotopic (exact) mass is 405 g/mol. The molecular weight excluding hydrogens is 385 g/mol. The van der Waals surface area contributed by atoms with Crippen LogP contribution in [0.3, 0.4) is 0 Å². The predicted molar refractivity (Wildman–Crippen MR) is 105 cm³/mol. The average molecular weight is 406 g/mol. The lowest BCUT2D eigenvalue weighted by molar-refractivity contribution is 0.0684. The minimum atomic E-state index is 0. The second kappa shape index (κ2) is 8.15. The molecule has 8 heteroatoms. The van der Waals surface area contributed by atoms with Gasteiger partial charge in [0.2, 0.25) is 0 Å². The Bertz CT molecular complexity index is 676. The molecule has 1 amide bonds. The molecule has 2 aromatic rings. The molecule has 24 heavy (non-hydrogen) atoms. The van der Waals surface area contributed by atoms with E-state index in [1.54, 1.807) is 22.7 Å². The number of aromatic nitrogens is 1. The number of nitrogens with zero attached hydrogens (tertiary/aromatic N) is 2. The summed E-state index contributed by atoms with van der Waals surface area (Å²) in [6.45, 7) is 3.91. The molecule has 0 spiro atoms. The van der Waals surface area contributed by atoms with Crippen LogP contribution in [0.2, 0.25) is 0 Å². The van der Waals surface area contributed by atoms with Gasteiger partial charge in [-0.15, -0.1) is 47.5 Å². The Balaban J connectivity index is 0.00000104. The Morgan fingerprint density at radius 1 is 1.29 bits per heavy atom. The molecule has 2 bridgehead atoms. The number of rotatable bonds is 2. The normalized spacial score (nSPS) is 22.5. The number of nitrogens with one attached hydrogen (secondary N) is 1. The van der Waals surface area contributed by atoms with Gasteiger partial charge in [-0.05, 0) is 44.2 Å². The number of thiophene rings is 1. The molecule has 4 heterocycles. The van der Waals surface area contributed by atoms with Crippen molar-refractivity contribution in [2.75, 3.05) is 13.1 Å². The molecule has 0 aromatic carbocycles. The lowest BCUT2D eigenvalue weighted by Crippen LogP contribution is -2.42. The van der Waals surface area contributed by atoms with Crippen molar-refractivity contribution in [3.8, 4) is 9.88 Å². The van der Waals surface area contributed by atoms with Gasteiger partial charge < -0.3 is 10.2 Å². The molecule has 2 atom stereocenters. The lowest BCUT2D eigenvalue weighted by Gasteiger charge is -2.27. The number of thiazole rings is 1. The van der Waals surface area contributed by atoms with Gasteiger partial charge in [-0.3, -0.25) is 4.79 Å². The van der Waals surface area contributed by atoms with Crippen molar-refractivity contribution in [3.05, 3.63) is 28.1 Å². The van der Waals surface area contributed by atoms with Crippen LogP contribution in [0, 0.1) is 6.92 Å². The summed E-state index contributed by atoms with van der Waals surface area (Å²) in [5.74, 6) is 0.189. The van der Waals surface area contributed by atoms with Crippen LogP contribution >= 0.6 is 47.5 Å². The van der Waals surface area contributed by atoms with Crippen LogP contribution in [-0.2, 0) is 0 Å². The molecule has 4 nitrogen and oxygen atoms in total. The van der Waals surface area contributed by atoms with Gasteiger partial charge in [0.05, 0.1) is 10.6 Å². The maximum absolute atomic E-state index is 13.1. The number of hydrogen-bond acceptors (Lipinski definition) is 5. The topological polar surface area (TPSA) is 45.2 Å². The number of fused-ring (bicyclic) bond motifs is 2. The Morgan fingerprint density at radius 3 is 2.83 bits per heavy atom. The molecule has 2 aliphatic rings. The number of aryl methyl sites for hydroxylation is 1. The first-order chi connectivity index (χ1) is 10.7. The van der Waals surface area contributed by atoms with Crippen molar-refractivity contribution < 1.29 is 4.79 Å². The van der Waals surface area contributed by atoms with Crippen LogP contribution < -0.4 is 5.32 Å². The number of amides is 1. The van der Waals surface area contributed by atoms with Crippen molar-refractivity contribution >= 4 is 53.4 Å². The summed E-state index contributed by atoms with van der Waals surface area (Å²) < 4.78 is 0. The highest BCUT2D eigenvalue weighted by Crippen LogP contribution is 2.35. The van der Waals surface area contributed by atoms with E-state index in [-0.39, 0.29) is 30.7 Å². The Hall–Kier alpha value is -0.660. The van der Waals surface area contributed by atoms with Crippen molar-refractivity contribution in [1.29, 1.82) is 0 Å². The van der Waals surface area contributed by atoms with Gasteiger partial charge >= 0.3 is 0 Å². The lowest BCUT2D eigenvalue weighted by atomic mass is 10.1. The quantitative estimate of drug-likeness (QED) is 0.820. The molecule has 2 aromatic heterocycles. The minimum Gasteiger partial charge on any atom is -0.331 e. The third kappa shape index (κ3) is 3.48. The summed E-state index contributed by atoms with van der Waals surface area (Å²) in [5, 5.41) is 6.47. The van der Waals surface area contributed by atoms with Crippen molar-refractivity contribution in [1.82, 2.24) is 15.2 Å². The maximum atomic E-state index is 13.1. The molecular formula is C16H21Cl2N3OS2. The van der Waals surface area contributed by atoms with Crippen molar-refractivity contribution in [2.24, 2.45) is 0 Å². The SMILES string of the molecule is Cc1nc(-c2cccs2)sc1C(=O)N1C2CCNCC1CC2.Cl.Cl. The second-order valence-electron chi connectivity index (χ2n) is 6.00.